The van der Waals surface area contributed by atoms with E-state index in [0.717, 1.165) is 33.6 Å². The van der Waals surface area contributed by atoms with Gasteiger partial charge in [-0.2, -0.15) is 0 Å². The summed E-state index contributed by atoms with van der Waals surface area (Å²) in [6.45, 7) is 7.34. The summed E-state index contributed by atoms with van der Waals surface area (Å²) in [6, 6.07) is 27.3. The maximum atomic E-state index is 11.6. The second-order valence-electron chi connectivity index (χ2n) is 11.2. The molecule has 0 saturated heterocycles. The Labute approximate surface area is 258 Å². The number of ether oxygens (including phenoxy) is 4. The van der Waals surface area contributed by atoms with E-state index in [1.165, 1.54) is 5.56 Å². The first-order chi connectivity index (χ1) is 21.3. The highest BCUT2D eigenvalue weighted by Crippen LogP contribution is 2.38. The van der Waals surface area contributed by atoms with E-state index in [4.69, 9.17) is 24.7 Å². The van der Waals surface area contributed by atoms with Gasteiger partial charge in [0.1, 0.15) is 44.0 Å². The maximum Gasteiger partial charge on any atom is 0.320 e. The van der Waals surface area contributed by atoms with Gasteiger partial charge in [-0.05, 0) is 43.5 Å². The third-order valence-corrected chi connectivity index (χ3v) is 7.51. The Kier molecular flexibility index (Phi) is 10.4. The van der Waals surface area contributed by atoms with Crippen molar-refractivity contribution in [2.75, 3.05) is 19.8 Å². The molecule has 0 fully saturated rings. The molecule has 3 N–H and O–H groups in total. The lowest BCUT2D eigenvalue weighted by Gasteiger charge is -2.27. The summed E-state index contributed by atoms with van der Waals surface area (Å²) in [5.41, 5.74) is 12.3. The Balaban J connectivity index is 1.40. The van der Waals surface area contributed by atoms with Crippen LogP contribution in [-0.2, 0) is 31.1 Å². The summed E-state index contributed by atoms with van der Waals surface area (Å²) >= 11 is 0. The van der Waals surface area contributed by atoms with Crippen LogP contribution in [0.15, 0.2) is 84.9 Å². The number of rotatable bonds is 14. The van der Waals surface area contributed by atoms with Crippen LogP contribution in [0.2, 0.25) is 0 Å². The molecule has 1 aliphatic heterocycles. The standard InChI is InChI=1S/C36H40N2O6/c1-25-7-5-9-27(17-25)23-43-32-12-4-3-11-29(32)21-38(14-13-31(37)36(39)40)22-30-19-34-35(42-16-15-41-34)20-33(30)44-24-28-10-6-8-26(2)18-28/h3-12,17-20,31H,13-16,21-24,37H2,1-2H3,(H,39,40)/t31-/m0/s1. The molecule has 1 heterocycles. The van der Waals surface area contributed by atoms with Gasteiger partial charge in [0.15, 0.2) is 11.5 Å². The fourth-order valence-electron chi connectivity index (χ4n) is 5.21. The quantitative estimate of drug-likeness (QED) is 0.182. The number of carboxylic acids is 1. The Morgan fingerprint density at radius 1 is 0.795 bits per heavy atom. The molecule has 1 aliphatic rings. The van der Waals surface area contributed by atoms with Gasteiger partial charge >= 0.3 is 5.97 Å². The summed E-state index contributed by atoms with van der Waals surface area (Å²) in [5, 5.41) is 9.48. The van der Waals surface area contributed by atoms with E-state index in [9.17, 15) is 9.90 Å². The summed E-state index contributed by atoms with van der Waals surface area (Å²) in [7, 11) is 0. The number of carbonyl (C=O) groups is 1. The molecule has 0 aliphatic carbocycles. The molecule has 5 rings (SSSR count). The Morgan fingerprint density at radius 3 is 2.02 bits per heavy atom. The topological polar surface area (TPSA) is 103 Å². The number of nitrogens with zero attached hydrogens (tertiary/aromatic N) is 1. The fraction of sp³-hybridized carbons (Fsp3) is 0.306. The molecular formula is C36H40N2O6. The number of hydrogen-bond acceptors (Lipinski definition) is 7. The zero-order valence-corrected chi connectivity index (χ0v) is 25.3. The van der Waals surface area contributed by atoms with Crippen LogP contribution >= 0.6 is 0 Å². The predicted octanol–water partition coefficient (Wildman–Crippen LogP) is 6.04. The van der Waals surface area contributed by atoms with Crippen LogP contribution in [0.25, 0.3) is 0 Å². The minimum absolute atomic E-state index is 0.283. The molecular weight excluding hydrogens is 556 g/mol. The van der Waals surface area contributed by atoms with Gasteiger partial charge < -0.3 is 29.8 Å². The van der Waals surface area contributed by atoms with Crippen molar-refractivity contribution in [3.05, 3.63) is 118 Å². The van der Waals surface area contributed by atoms with Crippen molar-refractivity contribution in [2.45, 2.75) is 52.6 Å². The number of aryl methyl sites for hydroxylation is 2. The number of nitrogens with two attached hydrogens (primary N) is 1. The number of aliphatic carboxylic acids is 1. The predicted molar refractivity (Wildman–Crippen MR) is 169 cm³/mol. The lowest BCUT2D eigenvalue weighted by molar-refractivity contribution is -0.138. The molecule has 0 saturated carbocycles. The largest absolute Gasteiger partial charge is 0.489 e. The van der Waals surface area contributed by atoms with Gasteiger partial charge in [-0.3, -0.25) is 9.69 Å². The van der Waals surface area contributed by atoms with E-state index in [1.54, 1.807) is 0 Å². The minimum Gasteiger partial charge on any atom is -0.489 e. The Morgan fingerprint density at radius 2 is 1.39 bits per heavy atom. The van der Waals surface area contributed by atoms with Crippen molar-refractivity contribution in [1.82, 2.24) is 4.90 Å². The Bertz CT molecular complexity index is 1570. The van der Waals surface area contributed by atoms with Gasteiger partial charge in [-0.25, -0.2) is 0 Å². The number of fused-ring (bicyclic) bond motifs is 1. The molecule has 4 aromatic rings. The molecule has 44 heavy (non-hydrogen) atoms. The minimum atomic E-state index is -1.02. The van der Waals surface area contributed by atoms with Crippen molar-refractivity contribution in [3.8, 4) is 23.0 Å². The molecule has 8 nitrogen and oxygen atoms in total. The third-order valence-electron chi connectivity index (χ3n) is 7.51. The average Bonchev–Trinajstić information content (AvgIpc) is 3.02. The second kappa shape index (κ2) is 14.8. The van der Waals surface area contributed by atoms with Gasteiger partial charge in [-0.15, -0.1) is 0 Å². The van der Waals surface area contributed by atoms with Crippen LogP contribution in [0, 0.1) is 13.8 Å². The molecule has 0 amide bonds. The molecule has 0 radical (unpaired) electrons. The molecule has 0 spiro atoms. The number of benzene rings is 4. The SMILES string of the molecule is Cc1cccc(COc2ccccc2CN(CC[C@H](N)C(=O)O)Cc2cc3c(cc2OCc2cccc(C)c2)OCCO3)c1. The molecule has 4 aromatic carbocycles. The van der Waals surface area contributed by atoms with Gasteiger partial charge in [0.25, 0.3) is 0 Å². The first kappa shape index (κ1) is 30.9. The van der Waals surface area contributed by atoms with E-state index in [0.29, 0.717) is 63.3 Å². The zero-order valence-electron chi connectivity index (χ0n) is 25.3. The molecule has 1 atom stereocenters. The third kappa shape index (κ3) is 8.52. The van der Waals surface area contributed by atoms with E-state index >= 15 is 0 Å². The normalized spacial score (nSPS) is 13.0. The van der Waals surface area contributed by atoms with E-state index < -0.39 is 12.0 Å². The van der Waals surface area contributed by atoms with Crippen LogP contribution < -0.4 is 24.7 Å². The van der Waals surface area contributed by atoms with Crippen LogP contribution in [0.3, 0.4) is 0 Å². The number of para-hydroxylation sites is 1. The van der Waals surface area contributed by atoms with Crippen LogP contribution in [0.4, 0.5) is 0 Å². The van der Waals surface area contributed by atoms with Crippen LogP contribution in [0.5, 0.6) is 23.0 Å². The molecule has 0 aromatic heterocycles. The van der Waals surface area contributed by atoms with E-state index in [1.807, 2.05) is 54.6 Å². The van der Waals surface area contributed by atoms with E-state index in [2.05, 4.69) is 49.1 Å². The molecule has 8 heteroatoms. The average molecular weight is 597 g/mol. The first-order valence-corrected chi connectivity index (χ1v) is 14.9. The summed E-state index contributed by atoms with van der Waals surface area (Å²) in [6.07, 6.45) is 0.283. The summed E-state index contributed by atoms with van der Waals surface area (Å²) in [5.74, 6) is 1.76. The highest BCUT2D eigenvalue weighted by molar-refractivity contribution is 5.73. The summed E-state index contributed by atoms with van der Waals surface area (Å²) in [4.78, 5) is 13.7. The van der Waals surface area contributed by atoms with Crippen molar-refractivity contribution in [2.24, 2.45) is 5.73 Å². The lowest BCUT2D eigenvalue weighted by Crippen LogP contribution is -2.35. The van der Waals surface area contributed by atoms with Gasteiger partial charge in [0.2, 0.25) is 0 Å². The van der Waals surface area contributed by atoms with Crippen molar-refractivity contribution >= 4 is 5.97 Å². The Hall–Kier alpha value is -4.53. The molecule has 0 unspecified atom stereocenters. The van der Waals surface area contributed by atoms with E-state index in [-0.39, 0.29) is 6.42 Å². The number of hydrogen-bond donors (Lipinski definition) is 2. The van der Waals surface area contributed by atoms with Crippen molar-refractivity contribution < 1.29 is 28.8 Å². The van der Waals surface area contributed by atoms with Crippen molar-refractivity contribution in [1.29, 1.82) is 0 Å². The monoisotopic (exact) mass is 596 g/mol. The molecule has 230 valence electrons. The van der Waals surface area contributed by atoms with Gasteiger partial charge in [0.05, 0.1) is 0 Å². The lowest BCUT2D eigenvalue weighted by atomic mass is 10.1. The van der Waals surface area contributed by atoms with Gasteiger partial charge in [-0.1, -0.05) is 77.9 Å². The van der Waals surface area contributed by atoms with Crippen molar-refractivity contribution in [3.63, 3.8) is 0 Å². The van der Waals surface area contributed by atoms with Crippen LogP contribution in [0.1, 0.15) is 39.8 Å². The first-order valence-electron chi connectivity index (χ1n) is 14.9. The smallest absolute Gasteiger partial charge is 0.320 e. The highest BCUT2D eigenvalue weighted by Gasteiger charge is 2.21. The zero-order chi connectivity index (χ0) is 30.9. The summed E-state index contributed by atoms with van der Waals surface area (Å²) < 4.78 is 24.4. The fourth-order valence-corrected chi connectivity index (χ4v) is 5.21. The number of carboxylic acid groups (broad SMARTS) is 1. The maximum absolute atomic E-state index is 11.6. The van der Waals surface area contributed by atoms with Crippen LogP contribution in [-0.4, -0.2) is 41.8 Å². The van der Waals surface area contributed by atoms with Gasteiger partial charge in [0, 0.05) is 36.8 Å². The second-order valence-corrected chi connectivity index (χ2v) is 11.2. The highest BCUT2D eigenvalue weighted by atomic mass is 16.6. The molecule has 0 bridgehead atoms.